The fourth-order valence-electron chi connectivity index (χ4n) is 1.51. The summed E-state index contributed by atoms with van der Waals surface area (Å²) in [6, 6.07) is 2.49. The molecular weight excluding hydrogens is 256 g/mol. The molecule has 1 rings (SSSR count). The molecule has 1 heterocycles. The smallest absolute Gasteiger partial charge is 0.313 e. The Bertz CT molecular complexity index is 432. The molecule has 7 heteroatoms. The van der Waals surface area contributed by atoms with Crippen molar-refractivity contribution in [3.05, 3.63) is 22.4 Å². The average Bonchev–Trinajstić information content (AvgIpc) is 2.81. The van der Waals surface area contributed by atoms with Gasteiger partial charge in [0.25, 0.3) is 0 Å². The third-order valence-electron chi connectivity index (χ3n) is 2.24. The van der Waals surface area contributed by atoms with E-state index in [0.29, 0.717) is 11.2 Å². The van der Waals surface area contributed by atoms with Crippen LogP contribution in [0.2, 0.25) is 0 Å². The number of urea groups is 1. The third-order valence-corrected chi connectivity index (χ3v) is 3.28. The molecule has 1 aromatic heterocycles. The van der Waals surface area contributed by atoms with Crippen molar-refractivity contribution in [2.24, 2.45) is 5.73 Å². The van der Waals surface area contributed by atoms with E-state index in [4.69, 9.17) is 10.5 Å². The Kier molecular flexibility index (Phi) is 4.85. The molecule has 18 heavy (non-hydrogen) atoms. The van der Waals surface area contributed by atoms with Gasteiger partial charge in [0.1, 0.15) is 5.54 Å². The summed E-state index contributed by atoms with van der Waals surface area (Å²) in [6.45, 7) is 1.86. The van der Waals surface area contributed by atoms with Crippen LogP contribution in [-0.4, -0.2) is 24.9 Å². The summed E-state index contributed by atoms with van der Waals surface area (Å²) < 4.78 is 4.79. The molecule has 0 saturated heterocycles. The van der Waals surface area contributed by atoms with Gasteiger partial charge in [0.15, 0.2) is 6.29 Å². The van der Waals surface area contributed by atoms with Crippen molar-refractivity contribution in [1.82, 2.24) is 5.32 Å². The summed E-state index contributed by atoms with van der Waals surface area (Å²) in [5.41, 5.74) is 3.60. The number of nitrogens with two attached hydrogens (primary N) is 1. The number of rotatable bonds is 6. The number of esters is 1. The first-order valence-electron chi connectivity index (χ1n) is 5.27. The van der Waals surface area contributed by atoms with Crippen LogP contribution in [0.25, 0.3) is 0 Å². The van der Waals surface area contributed by atoms with Crippen LogP contribution in [0.1, 0.15) is 18.2 Å². The lowest BCUT2D eigenvalue weighted by atomic mass is 9.95. The molecule has 1 atom stereocenters. The van der Waals surface area contributed by atoms with Gasteiger partial charge in [0.05, 0.1) is 13.0 Å². The number of nitrogens with one attached hydrogen (secondary N) is 1. The zero-order valence-electron chi connectivity index (χ0n) is 9.84. The topological polar surface area (TPSA) is 98.5 Å². The lowest BCUT2D eigenvalue weighted by Crippen LogP contribution is -2.50. The van der Waals surface area contributed by atoms with E-state index in [9.17, 15) is 14.4 Å². The van der Waals surface area contributed by atoms with Crippen LogP contribution in [0.4, 0.5) is 4.79 Å². The van der Waals surface area contributed by atoms with Crippen LogP contribution in [0.15, 0.2) is 17.5 Å². The van der Waals surface area contributed by atoms with Crippen molar-refractivity contribution in [3.63, 3.8) is 0 Å². The molecule has 0 spiro atoms. The number of carbonyl (C=O) groups is 3. The Hall–Kier alpha value is -1.89. The molecule has 2 amide bonds. The average molecular weight is 270 g/mol. The van der Waals surface area contributed by atoms with Crippen LogP contribution in [0, 0.1) is 0 Å². The molecule has 0 radical (unpaired) electrons. The van der Waals surface area contributed by atoms with Gasteiger partial charge in [-0.3, -0.25) is 4.79 Å². The zero-order chi connectivity index (χ0) is 13.6. The maximum Gasteiger partial charge on any atom is 0.313 e. The highest BCUT2D eigenvalue weighted by Crippen LogP contribution is 2.27. The van der Waals surface area contributed by atoms with Crippen molar-refractivity contribution in [2.75, 3.05) is 6.61 Å². The second-order valence-corrected chi connectivity index (χ2v) is 4.49. The SMILES string of the molecule is CCOC(=O)CC(C=O)(NC(N)=O)c1cccs1. The van der Waals surface area contributed by atoms with E-state index in [1.807, 2.05) is 0 Å². The molecule has 1 aromatic rings. The van der Waals surface area contributed by atoms with Crippen LogP contribution in [0.5, 0.6) is 0 Å². The minimum Gasteiger partial charge on any atom is -0.466 e. The molecular formula is C11H14N2O4S. The lowest BCUT2D eigenvalue weighted by molar-refractivity contribution is -0.146. The Labute approximate surface area is 108 Å². The van der Waals surface area contributed by atoms with Gasteiger partial charge in [-0.15, -0.1) is 11.3 Å². The van der Waals surface area contributed by atoms with Crippen LogP contribution in [0.3, 0.4) is 0 Å². The highest BCUT2D eigenvalue weighted by Gasteiger charge is 2.37. The Balaban J connectivity index is 3.03. The first kappa shape index (κ1) is 14.2. The van der Waals surface area contributed by atoms with E-state index in [1.165, 1.54) is 11.3 Å². The van der Waals surface area contributed by atoms with Crippen molar-refractivity contribution in [3.8, 4) is 0 Å². The van der Waals surface area contributed by atoms with Gasteiger partial charge in [0.2, 0.25) is 0 Å². The molecule has 0 aliphatic rings. The van der Waals surface area contributed by atoms with Crippen molar-refractivity contribution in [1.29, 1.82) is 0 Å². The van der Waals surface area contributed by atoms with Gasteiger partial charge < -0.3 is 20.6 Å². The third kappa shape index (κ3) is 3.30. The molecule has 98 valence electrons. The van der Waals surface area contributed by atoms with Crippen LogP contribution >= 0.6 is 11.3 Å². The van der Waals surface area contributed by atoms with E-state index in [0.717, 1.165) is 0 Å². The van der Waals surface area contributed by atoms with Crippen molar-refractivity contribution < 1.29 is 19.1 Å². The van der Waals surface area contributed by atoms with Gasteiger partial charge in [0, 0.05) is 4.88 Å². The molecule has 0 aliphatic carbocycles. The van der Waals surface area contributed by atoms with Gasteiger partial charge in [-0.2, -0.15) is 0 Å². The number of thiophene rings is 1. The predicted molar refractivity (Wildman–Crippen MR) is 66.0 cm³/mol. The molecule has 3 N–H and O–H groups in total. The maximum absolute atomic E-state index is 11.5. The highest BCUT2D eigenvalue weighted by atomic mass is 32.1. The zero-order valence-corrected chi connectivity index (χ0v) is 10.7. The quantitative estimate of drug-likeness (QED) is 0.589. The van der Waals surface area contributed by atoms with E-state index in [1.54, 1.807) is 24.4 Å². The van der Waals surface area contributed by atoms with Gasteiger partial charge in [-0.05, 0) is 18.4 Å². The Morgan fingerprint density at radius 3 is 2.78 bits per heavy atom. The van der Waals surface area contributed by atoms with E-state index in [2.05, 4.69) is 5.32 Å². The standard InChI is InChI=1S/C11H14N2O4S/c1-2-17-9(15)6-11(7-14,13-10(12)16)8-4-3-5-18-8/h3-5,7H,2,6H2,1H3,(H3,12,13,16). The summed E-state index contributed by atoms with van der Waals surface area (Å²) in [5.74, 6) is -0.577. The van der Waals surface area contributed by atoms with Crippen molar-refractivity contribution >= 4 is 29.6 Å². The normalized spacial score (nSPS) is 13.4. The first-order chi connectivity index (χ1) is 8.54. The molecule has 0 bridgehead atoms. The summed E-state index contributed by atoms with van der Waals surface area (Å²) >= 11 is 1.25. The summed E-state index contributed by atoms with van der Waals surface area (Å²) in [4.78, 5) is 34.4. The number of aldehydes is 1. The largest absolute Gasteiger partial charge is 0.466 e. The fraction of sp³-hybridized carbons (Fsp3) is 0.364. The minimum atomic E-state index is -1.45. The predicted octanol–water partition coefficient (Wildman–Crippen LogP) is 0.764. The van der Waals surface area contributed by atoms with Crippen molar-refractivity contribution in [2.45, 2.75) is 18.9 Å². The fourth-order valence-corrected chi connectivity index (χ4v) is 2.36. The number of hydrogen-bond acceptors (Lipinski definition) is 5. The molecule has 0 fully saturated rings. The minimum absolute atomic E-state index is 0.203. The molecule has 0 saturated carbocycles. The number of primary amides is 1. The Morgan fingerprint density at radius 1 is 1.61 bits per heavy atom. The molecule has 1 unspecified atom stereocenters. The van der Waals surface area contributed by atoms with Gasteiger partial charge >= 0.3 is 12.0 Å². The van der Waals surface area contributed by atoms with Gasteiger partial charge in [-0.1, -0.05) is 6.07 Å². The second-order valence-electron chi connectivity index (χ2n) is 3.54. The number of hydrogen-bond donors (Lipinski definition) is 2. The summed E-state index contributed by atoms with van der Waals surface area (Å²) in [5, 5.41) is 4.05. The monoisotopic (exact) mass is 270 g/mol. The first-order valence-corrected chi connectivity index (χ1v) is 6.15. The molecule has 0 aromatic carbocycles. The van der Waals surface area contributed by atoms with Crippen LogP contribution < -0.4 is 11.1 Å². The number of carbonyl (C=O) groups excluding carboxylic acids is 3. The molecule has 0 aliphatic heterocycles. The number of ether oxygens (including phenoxy) is 1. The summed E-state index contributed by atoms with van der Waals surface area (Å²) in [7, 11) is 0. The highest BCUT2D eigenvalue weighted by molar-refractivity contribution is 7.10. The van der Waals surface area contributed by atoms with Gasteiger partial charge in [-0.25, -0.2) is 4.79 Å². The summed E-state index contributed by atoms with van der Waals surface area (Å²) in [6.07, 6.45) is 0.217. The maximum atomic E-state index is 11.5. The molecule has 6 nitrogen and oxygen atoms in total. The second kappa shape index (κ2) is 6.15. The Morgan fingerprint density at radius 2 is 2.33 bits per heavy atom. The number of amides is 2. The van der Waals surface area contributed by atoms with E-state index in [-0.39, 0.29) is 13.0 Å². The lowest BCUT2D eigenvalue weighted by Gasteiger charge is -2.26. The van der Waals surface area contributed by atoms with E-state index < -0.39 is 17.5 Å². The van der Waals surface area contributed by atoms with Crippen LogP contribution in [-0.2, 0) is 19.9 Å². The van der Waals surface area contributed by atoms with E-state index >= 15 is 0 Å².